The number of halogens is 1. The van der Waals surface area contributed by atoms with Gasteiger partial charge in [-0.3, -0.25) is 9.78 Å². The molecule has 5 rings (SSSR count). The summed E-state index contributed by atoms with van der Waals surface area (Å²) in [5, 5.41) is 3.36. The highest BCUT2D eigenvalue weighted by atomic mass is 35.5. The fourth-order valence-corrected chi connectivity index (χ4v) is 5.07. The third-order valence-corrected chi connectivity index (χ3v) is 7.40. The fourth-order valence-electron chi connectivity index (χ4n) is 3.63. The number of ether oxygens (including phenoxy) is 1. The second kappa shape index (κ2) is 9.02. The number of amides is 1. The third-order valence-electron chi connectivity index (χ3n) is 5.40. The van der Waals surface area contributed by atoms with Crippen LogP contribution in [0.15, 0.2) is 72.9 Å². The number of aromatic nitrogens is 2. The zero-order chi connectivity index (χ0) is 23.7. The molecule has 1 aliphatic heterocycles. The van der Waals surface area contributed by atoms with Crippen LogP contribution in [-0.2, 0) is 14.8 Å². The summed E-state index contributed by atoms with van der Waals surface area (Å²) >= 11 is 6.42. The predicted molar refractivity (Wildman–Crippen MR) is 131 cm³/mol. The summed E-state index contributed by atoms with van der Waals surface area (Å²) in [6, 6.07) is 18.9. The Hall–Kier alpha value is -3.53. The molecular weight excluding hydrogens is 476 g/mol. The van der Waals surface area contributed by atoms with E-state index in [1.807, 2.05) is 24.3 Å². The lowest BCUT2D eigenvalue weighted by Gasteiger charge is -2.28. The van der Waals surface area contributed by atoms with E-state index in [2.05, 4.69) is 15.3 Å². The molecule has 0 spiro atoms. The number of pyridine rings is 2. The zero-order valence-electron chi connectivity index (χ0n) is 17.8. The van der Waals surface area contributed by atoms with Gasteiger partial charge in [-0.25, -0.2) is 17.7 Å². The van der Waals surface area contributed by atoms with Crippen molar-refractivity contribution in [2.24, 2.45) is 0 Å². The quantitative estimate of drug-likeness (QED) is 0.453. The number of rotatable bonds is 4. The second-order valence-corrected chi connectivity index (χ2v) is 10.1. The number of nitrogens with zero attached hydrogens (tertiary/aromatic N) is 3. The van der Waals surface area contributed by atoms with Gasteiger partial charge in [0.25, 0.3) is 5.91 Å². The van der Waals surface area contributed by atoms with E-state index >= 15 is 0 Å². The van der Waals surface area contributed by atoms with E-state index in [0.29, 0.717) is 33.2 Å². The number of nitrogens with one attached hydrogen (secondary N) is 1. The standard InChI is InChI=1S/C24H19ClN4O4S/c25-20-8-5-17(14-19(20)21-9-10-22-23(28-21)2-1-11-26-22)27-24(30)16-3-6-18(7-4-16)29-15-33-12-13-34(29,31)32/h1-11,14H,12-13,15H2,(H,27,30). The van der Waals surface area contributed by atoms with E-state index in [1.54, 1.807) is 48.7 Å². The van der Waals surface area contributed by atoms with Crippen molar-refractivity contribution in [3.63, 3.8) is 0 Å². The zero-order valence-corrected chi connectivity index (χ0v) is 19.4. The number of hydrogen-bond acceptors (Lipinski definition) is 6. The van der Waals surface area contributed by atoms with Gasteiger partial charge in [0, 0.05) is 23.0 Å². The van der Waals surface area contributed by atoms with E-state index < -0.39 is 10.0 Å². The van der Waals surface area contributed by atoms with E-state index in [-0.39, 0.29) is 25.0 Å². The molecule has 34 heavy (non-hydrogen) atoms. The predicted octanol–water partition coefficient (Wildman–Crippen LogP) is 4.33. The van der Waals surface area contributed by atoms with Crippen molar-refractivity contribution in [2.75, 3.05) is 28.7 Å². The molecule has 2 aromatic heterocycles. The number of carbonyl (C=O) groups excluding carboxylic acids is 1. The maximum atomic E-state index is 12.8. The number of sulfonamides is 1. The molecule has 3 heterocycles. The van der Waals surface area contributed by atoms with Crippen molar-refractivity contribution >= 4 is 49.9 Å². The van der Waals surface area contributed by atoms with Crippen LogP contribution in [0, 0.1) is 0 Å². The summed E-state index contributed by atoms with van der Waals surface area (Å²) in [5.74, 6) is -0.412. The van der Waals surface area contributed by atoms with Crippen LogP contribution in [0.25, 0.3) is 22.3 Å². The number of carbonyl (C=O) groups is 1. The summed E-state index contributed by atoms with van der Waals surface area (Å²) in [4.78, 5) is 21.7. The first-order valence-corrected chi connectivity index (χ1v) is 12.4. The summed E-state index contributed by atoms with van der Waals surface area (Å²) in [7, 11) is -3.42. The molecule has 8 nitrogen and oxygen atoms in total. The lowest BCUT2D eigenvalue weighted by molar-refractivity contribution is 0.102. The van der Waals surface area contributed by atoms with Crippen LogP contribution < -0.4 is 9.62 Å². The van der Waals surface area contributed by atoms with Crippen LogP contribution in [0.2, 0.25) is 5.02 Å². The Morgan fingerprint density at radius 2 is 1.85 bits per heavy atom. The van der Waals surface area contributed by atoms with E-state index in [4.69, 9.17) is 16.3 Å². The molecule has 1 N–H and O–H groups in total. The molecule has 1 fully saturated rings. The maximum absolute atomic E-state index is 12.8. The van der Waals surface area contributed by atoms with Crippen LogP contribution in [0.5, 0.6) is 0 Å². The Morgan fingerprint density at radius 3 is 2.65 bits per heavy atom. The molecule has 4 aromatic rings. The Labute approximate surface area is 201 Å². The van der Waals surface area contributed by atoms with Crippen molar-refractivity contribution < 1.29 is 17.9 Å². The molecule has 1 aliphatic rings. The molecule has 0 bridgehead atoms. The van der Waals surface area contributed by atoms with Crippen LogP contribution in [0.3, 0.4) is 0 Å². The molecular formula is C24H19ClN4O4S. The molecule has 2 aromatic carbocycles. The van der Waals surface area contributed by atoms with Crippen molar-refractivity contribution in [1.29, 1.82) is 0 Å². The molecule has 10 heteroatoms. The van der Waals surface area contributed by atoms with Gasteiger partial charge in [-0.05, 0) is 66.7 Å². The van der Waals surface area contributed by atoms with Crippen LogP contribution in [-0.4, -0.2) is 43.4 Å². The highest BCUT2D eigenvalue weighted by Gasteiger charge is 2.26. The van der Waals surface area contributed by atoms with Gasteiger partial charge >= 0.3 is 0 Å². The Kier molecular flexibility index (Phi) is 5.91. The monoisotopic (exact) mass is 494 g/mol. The fraction of sp³-hybridized carbons (Fsp3) is 0.125. The van der Waals surface area contributed by atoms with Gasteiger partial charge in [0.05, 0.1) is 39.8 Å². The van der Waals surface area contributed by atoms with Crippen LogP contribution in [0.1, 0.15) is 10.4 Å². The number of hydrogen-bond donors (Lipinski definition) is 1. The lowest BCUT2D eigenvalue weighted by Crippen LogP contribution is -2.41. The number of anilines is 2. The van der Waals surface area contributed by atoms with Crippen molar-refractivity contribution in [3.8, 4) is 11.3 Å². The van der Waals surface area contributed by atoms with Gasteiger partial charge in [-0.1, -0.05) is 11.6 Å². The minimum Gasteiger partial charge on any atom is -0.359 e. The molecule has 0 unspecified atom stereocenters. The van der Waals surface area contributed by atoms with Gasteiger partial charge in [0.1, 0.15) is 6.73 Å². The number of fused-ring (bicyclic) bond motifs is 1. The summed E-state index contributed by atoms with van der Waals surface area (Å²) in [6.45, 7) is 0.133. The first kappa shape index (κ1) is 22.3. The summed E-state index contributed by atoms with van der Waals surface area (Å²) in [6.07, 6.45) is 1.71. The van der Waals surface area contributed by atoms with Gasteiger partial charge in [0.2, 0.25) is 10.0 Å². The normalized spacial score (nSPS) is 15.3. The molecule has 1 saturated heterocycles. The minimum atomic E-state index is -3.42. The Balaban J connectivity index is 1.36. The lowest BCUT2D eigenvalue weighted by atomic mass is 10.1. The molecule has 0 saturated carbocycles. The summed E-state index contributed by atoms with van der Waals surface area (Å²) in [5.41, 5.74) is 4.23. The molecule has 0 atom stereocenters. The molecule has 0 aliphatic carbocycles. The molecule has 172 valence electrons. The van der Waals surface area contributed by atoms with Crippen molar-refractivity contribution in [1.82, 2.24) is 9.97 Å². The highest BCUT2D eigenvalue weighted by molar-refractivity contribution is 7.92. The highest BCUT2D eigenvalue weighted by Crippen LogP contribution is 2.31. The van der Waals surface area contributed by atoms with Crippen LogP contribution in [0.4, 0.5) is 11.4 Å². The topological polar surface area (TPSA) is 101 Å². The average molecular weight is 495 g/mol. The van der Waals surface area contributed by atoms with Crippen molar-refractivity contribution in [2.45, 2.75) is 0 Å². The third kappa shape index (κ3) is 4.45. The minimum absolute atomic E-state index is 0.0414. The average Bonchev–Trinajstić information content (AvgIpc) is 2.85. The first-order chi connectivity index (χ1) is 16.4. The summed E-state index contributed by atoms with van der Waals surface area (Å²) < 4.78 is 30.9. The molecule has 0 radical (unpaired) electrons. The SMILES string of the molecule is O=C(Nc1ccc(Cl)c(-c2ccc3ncccc3n2)c1)c1ccc(N2COCCS2(=O)=O)cc1. The van der Waals surface area contributed by atoms with Gasteiger partial charge in [-0.15, -0.1) is 0 Å². The van der Waals surface area contributed by atoms with Crippen LogP contribution >= 0.6 is 11.6 Å². The van der Waals surface area contributed by atoms with Gasteiger partial charge < -0.3 is 10.1 Å². The number of benzene rings is 2. The van der Waals surface area contributed by atoms with E-state index in [9.17, 15) is 13.2 Å². The van der Waals surface area contributed by atoms with Crippen molar-refractivity contribution in [3.05, 3.63) is 83.5 Å². The largest absolute Gasteiger partial charge is 0.359 e. The smallest absolute Gasteiger partial charge is 0.255 e. The Bertz CT molecular complexity index is 1490. The first-order valence-electron chi connectivity index (χ1n) is 10.4. The molecule has 1 amide bonds. The van der Waals surface area contributed by atoms with E-state index in [0.717, 1.165) is 11.0 Å². The Morgan fingerprint density at radius 1 is 1.03 bits per heavy atom. The second-order valence-electron chi connectivity index (χ2n) is 7.64. The maximum Gasteiger partial charge on any atom is 0.255 e. The van der Waals surface area contributed by atoms with Gasteiger partial charge in [0.15, 0.2) is 0 Å². The van der Waals surface area contributed by atoms with Gasteiger partial charge in [-0.2, -0.15) is 0 Å². The van der Waals surface area contributed by atoms with E-state index in [1.165, 1.54) is 4.31 Å².